The van der Waals surface area contributed by atoms with E-state index in [1.165, 1.54) is 11.5 Å². The Morgan fingerprint density at radius 3 is 2.80 bits per heavy atom. The number of nitrogens with zero attached hydrogens (tertiary/aromatic N) is 3. The van der Waals surface area contributed by atoms with Crippen molar-refractivity contribution in [3.63, 3.8) is 0 Å². The average Bonchev–Trinajstić information content (AvgIpc) is 2.17. The SMILES string of the molecule is Cc1cc(Cl)nc(CN2CCSCC2)n1. The summed E-state index contributed by atoms with van der Waals surface area (Å²) in [6, 6.07) is 1.79. The van der Waals surface area contributed by atoms with Crippen molar-refractivity contribution < 1.29 is 0 Å². The topological polar surface area (TPSA) is 29.0 Å². The number of thioether (sulfide) groups is 1. The third-order valence-electron chi connectivity index (χ3n) is 2.34. The number of halogens is 1. The summed E-state index contributed by atoms with van der Waals surface area (Å²) in [6.45, 7) is 5.02. The van der Waals surface area contributed by atoms with Gasteiger partial charge in [0.25, 0.3) is 0 Å². The van der Waals surface area contributed by atoms with Gasteiger partial charge in [-0.1, -0.05) is 11.6 Å². The van der Waals surface area contributed by atoms with Gasteiger partial charge in [-0.05, 0) is 13.0 Å². The van der Waals surface area contributed by atoms with Gasteiger partial charge in [0.1, 0.15) is 11.0 Å². The van der Waals surface area contributed by atoms with Crippen molar-refractivity contribution in [2.75, 3.05) is 24.6 Å². The highest BCUT2D eigenvalue weighted by Crippen LogP contribution is 2.12. The minimum absolute atomic E-state index is 0.545. The number of aromatic nitrogens is 2. The third kappa shape index (κ3) is 3.33. The van der Waals surface area contributed by atoms with Crippen LogP contribution in [0.2, 0.25) is 5.15 Å². The van der Waals surface area contributed by atoms with Crippen molar-refractivity contribution in [1.29, 1.82) is 0 Å². The maximum atomic E-state index is 5.89. The normalized spacial score (nSPS) is 18.0. The molecule has 5 heteroatoms. The molecule has 0 unspecified atom stereocenters. The summed E-state index contributed by atoms with van der Waals surface area (Å²) in [6.07, 6.45) is 0. The van der Waals surface area contributed by atoms with Crippen molar-refractivity contribution in [2.45, 2.75) is 13.5 Å². The molecule has 0 saturated carbocycles. The molecule has 0 atom stereocenters. The first kappa shape index (κ1) is 11.2. The van der Waals surface area contributed by atoms with E-state index >= 15 is 0 Å². The van der Waals surface area contributed by atoms with Gasteiger partial charge in [0, 0.05) is 30.3 Å². The number of hydrogen-bond acceptors (Lipinski definition) is 4. The first-order valence-electron chi connectivity index (χ1n) is 5.04. The molecule has 1 aromatic rings. The first-order valence-corrected chi connectivity index (χ1v) is 6.57. The molecule has 0 bridgehead atoms. The summed E-state index contributed by atoms with van der Waals surface area (Å²) in [7, 11) is 0. The van der Waals surface area contributed by atoms with Gasteiger partial charge >= 0.3 is 0 Å². The maximum Gasteiger partial charge on any atom is 0.144 e. The molecule has 0 radical (unpaired) electrons. The molecule has 1 aliphatic heterocycles. The zero-order chi connectivity index (χ0) is 10.7. The Kier molecular flexibility index (Phi) is 3.83. The van der Waals surface area contributed by atoms with Crippen molar-refractivity contribution >= 4 is 23.4 Å². The molecular weight excluding hydrogens is 230 g/mol. The highest BCUT2D eigenvalue weighted by molar-refractivity contribution is 7.99. The molecule has 2 rings (SSSR count). The van der Waals surface area contributed by atoms with Crippen LogP contribution < -0.4 is 0 Å². The van der Waals surface area contributed by atoms with Gasteiger partial charge in [0.2, 0.25) is 0 Å². The molecule has 0 amide bonds. The van der Waals surface area contributed by atoms with Crippen LogP contribution >= 0.6 is 23.4 Å². The highest BCUT2D eigenvalue weighted by Gasteiger charge is 2.12. The van der Waals surface area contributed by atoms with Crippen LogP contribution in [0.1, 0.15) is 11.5 Å². The van der Waals surface area contributed by atoms with E-state index in [2.05, 4.69) is 14.9 Å². The Labute approximate surface area is 99.2 Å². The van der Waals surface area contributed by atoms with Crippen LogP contribution in [-0.4, -0.2) is 39.5 Å². The first-order chi connectivity index (χ1) is 7.24. The fourth-order valence-electron chi connectivity index (χ4n) is 1.62. The molecule has 0 spiro atoms. The van der Waals surface area contributed by atoms with Crippen molar-refractivity contribution in [2.24, 2.45) is 0 Å². The van der Waals surface area contributed by atoms with E-state index in [1.807, 2.05) is 18.7 Å². The van der Waals surface area contributed by atoms with Crippen molar-refractivity contribution in [1.82, 2.24) is 14.9 Å². The molecule has 0 aliphatic carbocycles. The van der Waals surface area contributed by atoms with Crippen molar-refractivity contribution in [3.05, 3.63) is 22.7 Å². The summed E-state index contributed by atoms with van der Waals surface area (Å²) in [4.78, 5) is 11.0. The predicted octanol–water partition coefficient (Wildman–Crippen LogP) is 1.99. The van der Waals surface area contributed by atoms with E-state index in [-0.39, 0.29) is 0 Å². The molecule has 0 N–H and O–H groups in total. The fraction of sp³-hybridized carbons (Fsp3) is 0.600. The smallest absolute Gasteiger partial charge is 0.144 e. The monoisotopic (exact) mass is 243 g/mol. The Morgan fingerprint density at radius 2 is 2.13 bits per heavy atom. The lowest BCUT2D eigenvalue weighted by Gasteiger charge is -2.25. The van der Waals surface area contributed by atoms with Crippen LogP contribution in [0.4, 0.5) is 0 Å². The maximum absolute atomic E-state index is 5.89. The zero-order valence-corrected chi connectivity index (χ0v) is 10.3. The molecule has 15 heavy (non-hydrogen) atoms. The zero-order valence-electron chi connectivity index (χ0n) is 8.74. The fourth-order valence-corrected chi connectivity index (χ4v) is 2.85. The summed E-state index contributed by atoms with van der Waals surface area (Å²) in [5, 5.41) is 0.545. The van der Waals surface area contributed by atoms with Gasteiger partial charge in [-0.2, -0.15) is 11.8 Å². The Morgan fingerprint density at radius 1 is 1.40 bits per heavy atom. The van der Waals surface area contributed by atoms with Crippen LogP contribution in [0, 0.1) is 6.92 Å². The molecule has 1 saturated heterocycles. The molecule has 1 aromatic heterocycles. The number of rotatable bonds is 2. The van der Waals surface area contributed by atoms with Gasteiger partial charge in [0.15, 0.2) is 0 Å². The summed E-state index contributed by atoms with van der Waals surface area (Å²) < 4.78 is 0. The molecule has 1 fully saturated rings. The van der Waals surface area contributed by atoms with E-state index in [4.69, 9.17) is 11.6 Å². The minimum Gasteiger partial charge on any atom is -0.294 e. The highest BCUT2D eigenvalue weighted by atomic mass is 35.5. The van der Waals surface area contributed by atoms with Crippen molar-refractivity contribution in [3.8, 4) is 0 Å². The lowest BCUT2D eigenvalue weighted by Crippen LogP contribution is -2.32. The van der Waals surface area contributed by atoms with E-state index in [1.54, 1.807) is 6.07 Å². The Balaban J connectivity index is 2.02. The van der Waals surface area contributed by atoms with Gasteiger partial charge in [-0.25, -0.2) is 9.97 Å². The Hall–Kier alpha value is -0.320. The minimum atomic E-state index is 0.545. The summed E-state index contributed by atoms with van der Waals surface area (Å²) in [5.74, 6) is 3.26. The van der Waals surface area contributed by atoms with Crippen LogP contribution in [0.15, 0.2) is 6.07 Å². The number of aryl methyl sites for hydroxylation is 1. The molecule has 82 valence electrons. The largest absolute Gasteiger partial charge is 0.294 e. The quantitative estimate of drug-likeness (QED) is 0.743. The van der Waals surface area contributed by atoms with Crippen LogP contribution in [0.3, 0.4) is 0 Å². The van der Waals surface area contributed by atoms with Gasteiger partial charge in [-0.3, -0.25) is 4.90 Å². The second kappa shape index (κ2) is 5.14. The lowest BCUT2D eigenvalue weighted by atomic mass is 10.4. The van der Waals surface area contributed by atoms with Gasteiger partial charge in [-0.15, -0.1) is 0 Å². The standard InChI is InChI=1S/C10H14ClN3S/c1-8-6-9(11)13-10(12-8)7-14-2-4-15-5-3-14/h6H,2-5,7H2,1H3. The van der Waals surface area contributed by atoms with E-state index < -0.39 is 0 Å². The van der Waals surface area contributed by atoms with E-state index in [0.717, 1.165) is 31.2 Å². The van der Waals surface area contributed by atoms with E-state index in [0.29, 0.717) is 5.15 Å². The second-order valence-electron chi connectivity index (χ2n) is 3.64. The second-order valence-corrected chi connectivity index (χ2v) is 5.25. The molecule has 1 aliphatic rings. The molecule has 2 heterocycles. The van der Waals surface area contributed by atoms with E-state index in [9.17, 15) is 0 Å². The van der Waals surface area contributed by atoms with Crippen LogP contribution in [-0.2, 0) is 6.54 Å². The van der Waals surface area contributed by atoms with Gasteiger partial charge < -0.3 is 0 Å². The lowest BCUT2D eigenvalue weighted by molar-refractivity contribution is 0.287. The summed E-state index contributed by atoms with van der Waals surface area (Å²) >= 11 is 7.90. The molecule has 3 nitrogen and oxygen atoms in total. The van der Waals surface area contributed by atoms with Gasteiger partial charge in [0.05, 0.1) is 6.54 Å². The predicted molar refractivity (Wildman–Crippen MR) is 64.4 cm³/mol. The average molecular weight is 244 g/mol. The Bertz CT molecular complexity index is 319. The van der Waals surface area contributed by atoms with Crippen LogP contribution in [0.25, 0.3) is 0 Å². The molecular formula is C10H14ClN3S. The third-order valence-corrected chi connectivity index (χ3v) is 3.47. The number of hydrogen-bond donors (Lipinski definition) is 0. The summed E-state index contributed by atoms with van der Waals surface area (Å²) in [5.41, 5.74) is 0.941. The molecule has 0 aromatic carbocycles. The van der Waals surface area contributed by atoms with Crippen LogP contribution in [0.5, 0.6) is 0 Å².